The molecule has 0 saturated carbocycles. The van der Waals surface area contributed by atoms with Crippen molar-refractivity contribution in [2.45, 2.75) is 38.4 Å². The van der Waals surface area contributed by atoms with Crippen LogP contribution in [-0.2, 0) is 14.2 Å². The van der Waals surface area contributed by atoms with Gasteiger partial charge < -0.3 is 24.8 Å². The molecule has 1 aliphatic heterocycles. The van der Waals surface area contributed by atoms with E-state index in [1.54, 1.807) is 14.2 Å². The third-order valence-electron chi connectivity index (χ3n) is 3.31. The molecule has 1 rings (SSSR count). The molecule has 0 amide bonds. The first-order chi connectivity index (χ1) is 9.57. The van der Waals surface area contributed by atoms with Gasteiger partial charge in [0.2, 0.25) is 0 Å². The van der Waals surface area contributed by atoms with E-state index in [4.69, 9.17) is 14.2 Å². The highest BCUT2D eigenvalue weighted by Crippen LogP contribution is 2.08. The summed E-state index contributed by atoms with van der Waals surface area (Å²) in [6.07, 6.45) is 2.25. The van der Waals surface area contributed by atoms with Crippen LogP contribution in [0.5, 0.6) is 0 Å². The van der Waals surface area contributed by atoms with Gasteiger partial charge in [-0.15, -0.1) is 0 Å². The van der Waals surface area contributed by atoms with Gasteiger partial charge in [-0.25, -0.2) is 0 Å². The van der Waals surface area contributed by atoms with Crippen LogP contribution in [0.3, 0.4) is 0 Å². The van der Waals surface area contributed by atoms with Crippen molar-refractivity contribution in [3.05, 3.63) is 0 Å². The fourth-order valence-electron chi connectivity index (χ4n) is 1.76. The summed E-state index contributed by atoms with van der Waals surface area (Å²) in [6, 6.07) is 0. The molecule has 0 aromatic rings. The summed E-state index contributed by atoms with van der Waals surface area (Å²) in [5.74, 6) is 0.791. The highest BCUT2D eigenvalue weighted by atomic mass is 16.5. The molecule has 1 atom stereocenters. The van der Waals surface area contributed by atoms with Gasteiger partial charge in [0, 0.05) is 40.5 Å². The Morgan fingerprint density at radius 3 is 2.80 bits per heavy atom. The van der Waals surface area contributed by atoms with E-state index < -0.39 is 0 Å². The van der Waals surface area contributed by atoms with Gasteiger partial charge in [-0.3, -0.25) is 4.99 Å². The third kappa shape index (κ3) is 7.07. The second-order valence-electron chi connectivity index (χ2n) is 5.53. The van der Waals surface area contributed by atoms with Crippen molar-refractivity contribution in [2.24, 2.45) is 4.99 Å². The van der Waals surface area contributed by atoms with Crippen LogP contribution >= 0.6 is 0 Å². The summed E-state index contributed by atoms with van der Waals surface area (Å²) >= 11 is 0. The summed E-state index contributed by atoms with van der Waals surface area (Å²) in [5.41, 5.74) is -0.205. The van der Waals surface area contributed by atoms with Crippen LogP contribution in [0.25, 0.3) is 0 Å². The quantitative estimate of drug-likeness (QED) is 0.392. The summed E-state index contributed by atoms with van der Waals surface area (Å²) in [6.45, 7) is 7.93. The molecule has 2 N–H and O–H groups in total. The normalized spacial score (nSPS) is 20.2. The summed E-state index contributed by atoms with van der Waals surface area (Å²) in [4.78, 5) is 4.18. The van der Waals surface area contributed by atoms with Crippen LogP contribution in [0.15, 0.2) is 4.99 Å². The maximum Gasteiger partial charge on any atom is 0.191 e. The first-order valence-electron chi connectivity index (χ1n) is 7.26. The second-order valence-corrected chi connectivity index (χ2v) is 5.53. The molecule has 1 heterocycles. The van der Waals surface area contributed by atoms with Crippen LogP contribution < -0.4 is 10.6 Å². The van der Waals surface area contributed by atoms with Crippen molar-refractivity contribution in [1.82, 2.24) is 10.6 Å². The number of ether oxygens (including phenoxy) is 3. The van der Waals surface area contributed by atoms with Gasteiger partial charge in [-0.1, -0.05) is 0 Å². The predicted molar refractivity (Wildman–Crippen MR) is 80.2 cm³/mol. The van der Waals surface area contributed by atoms with Crippen molar-refractivity contribution < 1.29 is 14.2 Å². The number of nitrogens with one attached hydrogen (secondary N) is 2. The average Bonchev–Trinajstić information content (AvgIpc) is 2.95. The lowest BCUT2D eigenvalue weighted by Gasteiger charge is -2.24. The van der Waals surface area contributed by atoms with Gasteiger partial charge >= 0.3 is 0 Å². The number of hydrogen-bond acceptors (Lipinski definition) is 4. The topological polar surface area (TPSA) is 64.1 Å². The standard InChI is InChI=1S/C14H29N3O3/c1-14(2,18-4)11-17-13(15-3)16-7-5-8-20-12-6-9-19-10-12/h12H,5-11H2,1-4H3,(H2,15,16,17). The van der Waals surface area contributed by atoms with E-state index in [1.807, 2.05) is 13.8 Å². The van der Waals surface area contributed by atoms with Crippen molar-refractivity contribution in [3.63, 3.8) is 0 Å². The number of aliphatic imine (C=N–C) groups is 1. The maximum absolute atomic E-state index is 5.70. The Morgan fingerprint density at radius 1 is 1.40 bits per heavy atom. The lowest BCUT2D eigenvalue weighted by atomic mass is 10.1. The van der Waals surface area contributed by atoms with E-state index >= 15 is 0 Å². The van der Waals surface area contributed by atoms with Crippen molar-refractivity contribution in [2.75, 3.05) is 47.1 Å². The first-order valence-corrected chi connectivity index (χ1v) is 7.26. The summed E-state index contributed by atoms with van der Waals surface area (Å²) < 4.78 is 16.3. The highest BCUT2D eigenvalue weighted by molar-refractivity contribution is 5.79. The molecular formula is C14H29N3O3. The van der Waals surface area contributed by atoms with E-state index in [2.05, 4.69) is 15.6 Å². The lowest BCUT2D eigenvalue weighted by Crippen LogP contribution is -2.45. The Balaban J connectivity index is 2.06. The Kier molecular flexibility index (Phi) is 7.87. The SMILES string of the molecule is CN=C(NCCCOC1CCOC1)NCC(C)(C)OC. The fraction of sp³-hybridized carbons (Fsp3) is 0.929. The highest BCUT2D eigenvalue weighted by Gasteiger charge is 2.17. The predicted octanol–water partition coefficient (Wildman–Crippen LogP) is 0.772. The molecule has 0 aromatic heterocycles. The van der Waals surface area contributed by atoms with Crippen molar-refractivity contribution in [1.29, 1.82) is 0 Å². The molecule has 1 aliphatic rings. The zero-order valence-corrected chi connectivity index (χ0v) is 13.2. The Morgan fingerprint density at radius 2 is 2.20 bits per heavy atom. The maximum atomic E-state index is 5.70. The summed E-state index contributed by atoms with van der Waals surface area (Å²) in [5, 5.41) is 6.51. The van der Waals surface area contributed by atoms with Gasteiger partial charge in [0.15, 0.2) is 5.96 Å². The average molecular weight is 287 g/mol. The van der Waals surface area contributed by atoms with Gasteiger partial charge in [0.25, 0.3) is 0 Å². The molecule has 1 unspecified atom stereocenters. The first kappa shape index (κ1) is 17.2. The zero-order valence-electron chi connectivity index (χ0n) is 13.2. The van der Waals surface area contributed by atoms with Crippen molar-refractivity contribution >= 4 is 5.96 Å². The smallest absolute Gasteiger partial charge is 0.191 e. The minimum Gasteiger partial charge on any atom is -0.379 e. The molecular weight excluding hydrogens is 258 g/mol. The van der Waals surface area contributed by atoms with E-state index in [-0.39, 0.29) is 11.7 Å². The molecule has 20 heavy (non-hydrogen) atoms. The Bertz CT molecular complexity index is 289. The van der Waals surface area contributed by atoms with Crippen LogP contribution in [0.4, 0.5) is 0 Å². The Hall–Kier alpha value is -0.850. The van der Waals surface area contributed by atoms with Gasteiger partial charge in [-0.2, -0.15) is 0 Å². The van der Waals surface area contributed by atoms with E-state index in [9.17, 15) is 0 Å². The molecule has 0 aliphatic carbocycles. The molecule has 118 valence electrons. The molecule has 0 bridgehead atoms. The molecule has 0 radical (unpaired) electrons. The van der Waals surface area contributed by atoms with Crippen LogP contribution in [0.1, 0.15) is 26.7 Å². The minimum atomic E-state index is -0.205. The largest absolute Gasteiger partial charge is 0.379 e. The lowest BCUT2D eigenvalue weighted by molar-refractivity contribution is 0.0267. The number of methoxy groups -OCH3 is 1. The molecule has 0 spiro atoms. The number of guanidine groups is 1. The summed E-state index contributed by atoms with van der Waals surface area (Å²) in [7, 11) is 3.48. The minimum absolute atomic E-state index is 0.205. The fourth-order valence-corrected chi connectivity index (χ4v) is 1.76. The van der Waals surface area contributed by atoms with E-state index in [0.717, 1.165) is 45.2 Å². The van der Waals surface area contributed by atoms with Gasteiger partial charge in [0.1, 0.15) is 0 Å². The zero-order chi connectivity index (χ0) is 14.8. The number of nitrogens with zero attached hydrogens (tertiary/aromatic N) is 1. The molecule has 6 nitrogen and oxygen atoms in total. The molecule has 1 saturated heterocycles. The van der Waals surface area contributed by atoms with Gasteiger partial charge in [-0.05, 0) is 26.7 Å². The molecule has 1 fully saturated rings. The molecule has 6 heteroatoms. The Labute approximate surface area is 122 Å². The van der Waals surface area contributed by atoms with Crippen LogP contribution in [0.2, 0.25) is 0 Å². The molecule has 0 aromatic carbocycles. The van der Waals surface area contributed by atoms with Crippen LogP contribution in [0, 0.1) is 0 Å². The van der Waals surface area contributed by atoms with Crippen molar-refractivity contribution in [3.8, 4) is 0 Å². The second kappa shape index (κ2) is 9.15. The third-order valence-corrected chi connectivity index (χ3v) is 3.31. The monoisotopic (exact) mass is 287 g/mol. The number of hydrogen-bond donors (Lipinski definition) is 2. The van der Waals surface area contributed by atoms with Gasteiger partial charge in [0.05, 0.1) is 18.3 Å². The number of rotatable bonds is 8. The van der Waals surface area contributed by atoms with Crippen LogP contribution in [-0.4, -0.2) is 64.7 Å². The van der Waals surface area contributed by atoms with E-state index in [0.29, 0.717) is 6.54 Å². The van der Waals surface area contributed by atoms with E-state index in [1.165, 1.54) is 0 Å².